The number of esters is 1. The molecule has 4 rings (SSSR count). The first-order valence-corrected chi connectivity index (χ1v) is 11.6. The Morgan fingerprint density at radius 2 is 1.94 bits per heavy atom. The molecule has 1 aromatic carbocycles. The molecule has 9 nitrogen and oxygen atoms in total. The van der Waals surface area contributed by atoms with E-state index < -0.39 is 18.0 Å². The molecule has 3 N–H and O–H groups in total. The average Bonchev–Trinajstić information content (AvgIpc) is 3.35. The molecule has 2 aliphatic rings. The predicted molar refractivity (Wildman–Crippen MR) is 125 cm³/mol. The molecule has 3 amide bonds. The van der Waals surface area contributed by atoms with Crippen molar-refractivity contribution in [3.05, 3.63) is 70.8 Å². The third-order valence-electron chi connectivity index (χ3n) is 6.17. The quantitative estimate of drug-likeness (QED) is 0.541. The van der Waals surface area contributed by atoms with Crippen LogP contribution < -0.4 is 16.0 Å². The molecule has 1 saturated heterocycles. The molecule has 1 atom stereocenters. The van der Waals surface area contributed by atoms with Crippen molar-refractivity contribution in [2.45, 2.75) is 38.8 Å². The first kappa shape index (κ1) is 23.6. The molecule has 9 heteroatoms. The van der Waals surface area contributed by atoms with Gasteiger partial charge in [0.05, 0.1) is 18.4 Å². The van der Waals surface area contributed by atoms with Crippen LogP contribution >= 0.6 is 0 Å². The lowest BCUT2D eigenvalue weighted by Crippen LogP contribution is -2.50. The van der Waals surface area contributed by atoms with Crippen LogP contribution in [0.25, 0.3) is 0 Å². The van der Waals surface area contributed by atoms with Gasteiger partial charge in [-0.2, -0.15) is 0 Å². The summed E-state index contributed by atoms with van der Waals surface area (Å²) in [5.41, 5.74) is 2.48. The van der Waals surface area contributed by atoms with Crippen molar-refractivity contribution in [1.82, 2.24) is 20.9 Å². The lowest BCUT2D eigenvalue weighted by molar-refractivity contribution is -0.139. The summed E-state index contributed by atoms with van der Waals surface area (Å²) in [5.74, 6) is -0.0874. The Hall–Kier alpha value is -3.59. The van der Waals surface area contributed by atoms with Gasteiger partial charge < -0.3 is 25.1 Å². The Bertz CT molecular complexity index is 1070. The van der Waals surface area contributed by atoms with Crippen molar-refractivity contribution in [2.24, 2.45) is 0 Å². The van der Waals surface area contributed by atoms with E-state index in [-0.39, 0.29) is 18.6 Å². The fraction of sp³-hybridized carbons (Fsp3) is 0.400. The number of aryl methyl sites for hydroxylation is 1. The minimum Gasteiger partial charge on any atom is -0.467 e. The number of hydrogen-bond donors (Lipinski definition) is 3. The molecule has 1 unspecified atom stereocenters. The van der Waals surface area contributed by atoms with Crippen molar-refractivity contribution in [3.63, 3.8) is 0 Å². The third kappa shape index (κ3) is 5.31. The Labute approximate surface area is 198 Å². The number of piperidine rings is 1. The number of nitrogens with one attached hydrogen (secondary N) is 3. The van der Waals surface area contributed by atoms with Gasteiger partial charge in [0, 0.05) is 36.9 Å². The molecule has 0 aliphatic carbocycles. The van der Waals surface area contributed by atoms with E-state index in [1.54, 1.807) is 19.1 Å². The molecule has 1 aromatic heterocycles. The summed E-state index contributed by atoms with van der Waals surface area (Å²) >= 11 is 0. The SMILES string of the molecule is CCOC(=O)C1=C(CN2CCC(NC(=O)c3ccccc3C)CC2)NC(=O)NC1c1ccco1. The van der Waals surface area contributed by atoms with Crippen LogP contribution in [-0.4, -0.2) is 55.1 Å². The topological polar surface area (TPSA) is 113 Å². The zero-order chi connectivity index (χ0) is 24.1. The van der Waals surface area contributed by atoms with Crippen LogP contribution in [0, 0.1) is 6.92 Å². The van der Waals surface area contributed by atoms with Crippen molar-refractivity contribution < 1.29 is 23.5 Å². The number of likely N-dealkylation sites (tertiary alicyclic amines) is 1. The molecule has 2 aromatic rings. The summed E-state index contributed by atoms with van der Waals surface area (Å²) in [5, 5.41) is 8.68. The largest absolute Gasteiger partial charge is 0.467 e. The van der Waals surface area contributed by atoms with Gasteiger partial charge in [0.1, 0.15) is 11.8 Å². The normalized spacial score (nSPS) is 19.4. The van der Waals surface area contributed by atoms with Gasteiger partial charge >= 0.3 is 12.0 Å². The number of hydrogen-bond acceptors (Lipinski definition) is 6. The standard InChI is InChI=1S/C25H30N4O5/c1-3-33-24(31)21-19(27-25(32)28-22(21)20-9-6-14-34-20)15-29-12-10-17(11-13-29)26-23(30)18-8-5-4-7-16(18)2/h4-9,14,17,22H,3,10-13,15H2,1-2H3,(H,26,30)(H2,27,28,32). The maximum Gasteiger partial charge on any atom is 0.338 e. The van der Waals surface area contributed by atoms with Crippen LogP contribution in [0.3, 0.4) is 0 Å². The molecular weight excluding hydrogens is 436 g/mol. The van der Waals surface area contributed by atoms with E-state index in [0.29, 0.717) is 42.2 Å². The summed E-state index contributed by atoms with van der Waals surface area (Å²) in [7, 11) is 0. The monoisotopic (exact) mass is 466 g/mol. The molecule has 3 heterocycles. The second-order valence-electron chi connectivity index (χ2n) is 8.50. The van der Waals surface area contributed by atoms with E-state index in [0.717, 1.165) is 18.4 Å². The fourth-order valence-corrected chi connectivity index (χ4v) is 4.41. The molecule has 0 saturated carbocycles. The van der Waals surface area contributed by atoms with Gasteiger partial charge in [-0.15, -0.1) is 0 Å². The van der Waals surface area contributed by atoms with Gasteiger partial charge in [0.2, 0.25) is 0 Å². The zero-order valence-electron chi connectivity index (χ0n) is 19.4. The van der Waals surface area contributed by atoms with E-state index in [9.17, 15) is 14.4 Å². The minimum atomic E-state index is -0.719. The van der Waals surface area contributed by atoms with Crippen LogP contribution in [0.1, 0.15) is 47.5 Å². The first-order chi connectivity index (χ1) is 16.5. The summed E-state index contributed by atoms with van der Waals surface area (Å²) in [6, 6.07) is 9.92. The number of carbonyl (C=O) groups excluding carboxylic acids is 3. The summed E-state index contributed by atoms with van der Waals surface area (Å²) in [6.07, 6.45) is 3.04. The molecule has 180 valence electrons. The summed E-state index contributed by atoms with van der Waals surface area (Å²) in [4.78, 5) is 40.0. The van der Waals surface area contributed by atoms with Crippen molar-refractivity contribution in [3.8, 4) is 0 Å². The second-order valence-corrected chi connectivity index (χ2v) is 8.50. The highest BCUT2D eigenvalue weighted by Gasteiger charge is 2.36. The molecular formula is C25H30N4O5. The van der Waals surface area contributed by atoms with Crippen LogP contribution in [0.5, 0.6) is 0 Å². The van der Waals surface area contributed by atoms with Crippen LogP contribution in [0.2, 0.25) is 0 Å². The average molecular weight is 467 g/mol. The Kier molecular flexibility index (Phi) is 7.32. The van der Waals surface area contributed by atoms with E-state index in [4.69, 9.17) is 9.15 Å². The number of furan rings is 1. The lowest BCUT2D eigenvalue weighted by Gasteiger charge is -2.35. The van der Waals surface area contributed by atoms with Gasteiger partial charge in [-0.25, -0.2) is 9.59 Å². The van der Waals surface area contributed by atoms with E-state index >= 15 is 0 Å². The van der Waals surface area contributed by atoms with E-state index in [2.05, 4.69) is 20.9 Å². The highest BCUT2D eigenvalue weighted by Crippen LogP contribution is 2.29. The minimum absolute atomic E-state index is 0.0595. The predicted octanol–water partition coefficient (Wildman–Crippen LogP) is 2.65. The maximum atomic E-state index is 12.8. The van der Waals surface area contributed by atoms with Crippen molar-refractivity contribution >= 4 is 17.9 Å². The van der Waals surface area contributed by atoms with Gasteiger partial charge in [-0.3, -0.25) is 9.69 Å². The highest BCUT2D eigenvalue weighted by atomic mass is 16.5. The van der Waals surface area contributed by atoms with Crippen LogP contribution in [0.4, 0.5) is 4.79 Å². The lowest BCUT2D eigenvalue weighted by atomic mass is 9.98. The zero-order valence-corrected chi connectivity index (χ0v) is 19.4. The van der Waals surface area contributed by atoms with Gasteiger partial charge in [-0.05, 0) is 50.5 Å². The Morgan fingerprint density at radius 3 is 2.62 bits per heavy atom. The highest BCUT2D eigenvalue weighted by molar-refractivity contribution is 5.96. The van der Waals surface area contributed by atoms with Crippen LogP contribution in [-0.2, 0) is 9.53 Å². The molecule has 1 fully saturated rings. The Morgan fingerprint density at radius 1 is 1.18 bits per heavy atom. The molecule has 2 aliphatic heterocycles. The number of urea groups is 1. The van der Waals surface area contributed by atoms with Crippen molar-refractivity contribution in [1.29, 1.82) is 0 Å². The van der Waals surface area contributed by atoms with Crippen LogP contribution in [0.15, 0.2) is 58.3 Å². The maximum absolute atomic E-state index is 12.8. The summed E-state index contributed by atoms with van der Waals surface area (Å²) < 4.78 is 10.8. The molecule has 0 spiro atoms. The number of ether oxygens (including phenoxy) is 1. The van der Waals surface area contributed by atoms with Gasteiger partial charge in [0.15, 0.2) is 0 Å². The number of benzene rings is 1. The van der Waals surface area contributed by atoms with Crippen molar-refractivity contribution in [2.75, 3.05) is 26.2 Å². The first-order valence-electron chi connectivity index (χ1n) is 11.6. The second kappa shape index (κ2) is 10.6. The molecule has 0 radical (unpaired) electrons. The molecule has 0 bridgehead atoms. The van der Waals surface area contributed by atoms with Gasteiger partial charge in [0.25, 0.3) is 5.91 Å². The van der Waals surface area contributed by atoms with E-state index in [1.165, 1.54) is 6.26 Å². The third-order valence-corrected chi connectivity index (χ3v) is 6.17. The fourth-order valence-electron chi connectivity index (χ4n) is 4.41. The number of rotatable bonds is 7. The number of nitrogens with zero attached hydrogens (tertiary/aromatic N) is 1. The Balaban J connectivity index is 1.44. The number of amides is 3. The summed E-state index contributed by atoms with van der Waals surface area (Å²) in [6.45, 7) is 5.71. The molecule has 34 heavy (non-hydrogen) atoms. The van der Waals surface area contributed by atoms with E-state index in [1.807, 2.05) is 31.2 Å². The van der Waals surface area contributed by atoms with Gasteiger partial charge in [-0.1, -0.05) is 18.2 Å². The number of carbonyl (C=O) groups is 3. The smallest absolute Gasteiger partial charge is 0.338 e.